The fraction of sp³-hybridized carbons (Fsp3) is 0.417. The van der Waals surface area contributed by atoms with Crippen LogP contribution in [0.2, 0.25) is 0 Å². The number of carbonyl (C=O) groups excluding carboxylic acids is 3. The van der Waals surface area contributed by atoms with E-state index in [1.165, 1.54) is 36.5 Å². The first-order valence-corrected chi connectivity index (χ1v) is 13.3. The molecule has 1 fully saturated rings. The molecule has 1 aromatic carbocycles. The summed E-state index contributed by atoms with van der Waals surface area (Å²) in [4.78, 5) is 60.6. The van der Waals surface area contributed by atoms with Crippen LogP contribution in [0.15, 0.2) is 48.8 Å². The van der Waals surface area contributed by atoms with Crippen LogP contribution in [0.4, 0.5) is 5.69 Å². The van der Waals surface area contributed by atoms with E-state index < -0.39 is 63.0 Å². The molecule has 5 atom stereocenters. The van der Waals surface area contributed by atoms with Crippen LogP contribution in [0.25, 0.3) is 0 Å². The van der Waals surface area contributed by atoms with Crippen molar-refractivity contribution in [2.24, 2.45) is 5.92 Å². The predicted octanol–water partition coefficient (Wildman–Crippen LogP) is 1.20. The Morgan fingerprint density at radius 1 is 1.08 bits per heavy atom. The zero-order valence-corrected chi connectivity index (χ0v) is 21.9. The fourth-order valence-corrected chi connectivity index (χ4v) is 4.18. The van der Waals surface area contributed by atoms with Gasteiger partial charge in [0.25, 0.3) is 0 Å². The van der Waals surface area contributed by atoms with E-state index in [4.69, 9.17) is 29.2 Å². The minimum Gasteiger partial charge on any atom is -0.463 e. The summed E-state index contributed by atoms with van der Waals surface area (Å²) in [5.41, 5.74) is 5.73. The smallest absolute Gasteiger partial charge is 0.463 e. The fourth-order valence-electron chi connectivity index (χ4n) is 3.62. The predicted molar refractivity (Wildman–Crippen MR) is 132 cm³/mol. The zero-order valence-electron chi connectivity index (χ0n) is 21.0. The van der Waals surface area contributed by atoms with Gasteiger partial charge in [-0.3, -0.25) is 14.3 Å². The van der Waals surface area contributed by atoms with Gasteiger partial charge in [-0.25, -0.2) is 14.2 Å². The molecule has 0 radical (unpaired) electrons. The molecule has 0 aliphatic carbocycles. The van der Waals surface area contributed by atoms with Gasteiger partial charge in [-0.15, -0.1) is 0 Å². The maximum atomic E-state index is 12.9. The van der Waals surface area contributed by atoms with Gasteiger partial charge >= 0.3 is 25.7 Å². The number of nitrogens with zero attached hydrogens (tertiary/aromatic N) is 1. The molecule has 39 heavy (non-hydrogen) atoms. The number of ether oxygens (including phenoxy) is 4. The van der Waals surface area contributed by atoms with Crippen molar-refractivity contribution in [1.82, 2.24) is 4.98 Å². The van der Waals surface area contributed by atoms with Gasteiger partial charge < -0.3 is 39.6 Å². The van der Waals surface area contributed by atoms with Gasteiger partial charge in [-0.1, -0.05) is 26.0 Å². The number of benzene rings is 1. The van der Waals surface area contributed by atoms with E-state index in [9.17, 15) is 33.8 Å². The largest absolute Gasteiger partial charge is 0.470 e. The van der Waals surface area contributed by atoms with Crippen molar-refractivity contribution in [2.45, 2.75) is 51.0 Å². The number of anilines is 1. The molecule has 0 saturated carbocycles. The minimum absolute atomic E-state index is 0.0401. The van der Waals surface area contributed by atoms with Crippen molar-refractivity contribution < 1.29 is 57.3 Å². The summed E-state index contributed by atoms with van der Waals surface area (Å²) in [7, 11) is -5.32. The number of hydrogen-bond acceptors (Lipinski definition) is 12. The van der Waals surface area contributed by atoms with Crippen LogP contribution in [0.5, 0.6) is 0 Å². The van der Waals surface area contributed by atoms with E-state index in [2.05, 4.69) is 4.98 Å². The average molecular weight is 568 g/mol. The number of phosphoric acid groups is 1. The Morgan fingerprint density at radius 2 is 1.79 bits per heavy atom. The standard InChI is InChI=1S/C24H29N2O12P/c1-13(2)10-18(27)34-12-17-19(28)20(38-39(31,32)33)21(36-22(29)14-6-5-9-26-11-14)24(35-17)37-23(30)15-7-3-4-8-16(15)25/h3-9,11,13,17,19-21,24,28H,10,12,25H2,1-2H3,(H2,31,32,33)/t17-,19-,20+,21-,24+/m1/s1. The SMILES string of the molecule is CC(C)CC(=O)OC[C@H]1O[C@@H](OC(=O)c2ccccc2N)[C@H](OC(=O)c2cccnc2)[C@@H](OP(=O)(O)O)[C@@H]1O. The van der Waals surface area contributed by atoms with Crippen LogP contribution in [0.3, 0.4) is 0 Å². The lowest BCUT2D eigenvalue weighted by molar-refractivity contribution is -0.282. The number of esters is 3. The zero-order chi connectivity index (χ0) is 28.7. The van der Waals surface area contributed by atoms with Crippen LogP contribution >= 0.6 is 7.82 Å². The highest BCUT2D eigenvalue weighted by atomic mass is 31.2. The molecule has 1 aliphatic rings. The number of para-hydroxylation sites is 1. The van der Waals surface area contributed by atoms with Gasteiger partial charge in [0.1, 0.15) is 24.9 Å². The topological polar surface area (TPSA) is 214 Å². The van der Waals surface area contributed by atoms with E-state index in [1.807, 2.05) is 0 Å². The van der Waals surface area contributed by atoms with Gasteiger partial charge in [-0.2, -0.15) is 0 Å². The lowest BCUT2D eigenvalue weighted by atomic mass is 9.99. The van der Waals surface area contributed by atoms with Gasteiger partial charge in [0.15, 0.2) is 6.10 Å². The van der Waals surface area contributed by atoms with Crippen LogP contribution < -0.4 is 5.73 Å². The number of aliphatic hydroxyl groups excluding tert-OH is 1. The second-order valence-electron chi connectivity index (χ2n) is 8.98. The molecular weight excluding hydrogens is 539 g/mol. The molecule has 0 spiro atoms. The number of nitrogen functional groups attached to an aromatic ring is 1. The third kappa shape index (κ3) is 8.55. The third-order valence-electron chi connectivity index (χ3n) is 5.41. The van der Waals surface area contributed by atoms with E-state index in [0.717, 1.165) is 6.20 Å². The molecule has 1 saturated heterocycles. The Kier molecular flexibility index (Phi) is 10.1. The van der Waals surface area contributed by atoms with Gasteiger partial charge in [0.2, 0.25) is 6.29 Å². The van der Waals surface area contributed by atoms with Crippen LogP contribution in [-0.2, 0) is 32.8 Å². The van der Waals surface area contributed by atoms with Crippen LogP contribution in [0, 0.1) is 5.92 Å². The number of aliphatic hydroxyl groups is 1. The lowest BCUT2D eigenvalue weighted by Crippen LogP contribution is -2.61. The van der Waals surface area contributed by atoms with E-state index in [-0.39, 0.29) is 29.2 Å². The van der Waals surface area contributed by atoms with E-state index in [1.54, 1.807) is 19.9 Å². The highest BCUT2D eigenvalue weighted by molar-refractivity contribution is 7.46. The van der Waals surface area contributed by atoms with Crippen molar-refractivity contribution in [1.29, 1.82) is 0 Å². The van der Waals surface area contributed by atoms with Crippen molar-refractivity contribution in [3.8, 4) is 0 Å². The molecule has 212 valence electrons. The quantitative estimate of drug-likeness (QED) is 0.137. The molecule has 15 heteroatoms. The maximum absolute atomic E-state index is 12.9. The highest BCUT2D eigenvalue weighted by Crippen LogP contribution is 2.42. The Balaban J connectivity index is 1.94. The first kappa shape index (κ1) is 30.2. The Labute approximate surface area is 223 Å². The summed E-state index contributed by atoms with van der Waals surface area (Å²) >= 11 is 0. The van der Waals surface area contributed by atoms with E-state index >= 15 is 0 Å². The van der Waals surface area contributed by atoms with Gasteiger partial charge in [0, 0.05) is 24.5 Å². The summed E-state index contributed by atoms with van der Waals surface area (Å²) in [5.74, 6) is -2.77. The number of nitrogens with two attached hydrogens (primary N) is 1. The molecule has 0 bridgehead atoms. The molecule has 5 N–H and O–H groups in total. The molecule has 3 rings (SSSR count). The summed E-state index contributed by atoms with van der Waals surface area (Å²) in [6.07, 6.45) is -6.58. The monoisotopic (exact) mass is 568 g/mol. The van der Waals surface area contributed by atoms with Crippen molar-refractivity contribution in [3.63, 3.8) is 0 Å². The minimum atomic E-state index is -5.32. The summed E-state index contributed by atoms with van der Waals surface area (Å²) < 4.78 is 38.1. The summed E-state index contributed by atoms with van der Waals surface area (Å²) in [5, 5.41) is 10.9. The Bertz CT molecular complexity index is 1200. The number of aromatic nitrogens is 1. The molecule has 2 aromatic rings. The Hall–Kier alpha value is -3.39. The summed E-state index contributed by atoms with van der Waals surface area (Å²) in [6, 6.07) is 8.64. The van der Waals surface area contributed by atoms with Crippen molar-refractivity contribution >= 4 is 31.4 Å². The normalized spacial score (nSPS) is 23.2. The number of carbonyl (C=O) groups is 3. The first-order valence-electron chi connectivity index (χ1n) is 11.7. The molecule has 0 amide bonds. The van der Waals surface area contributed by atoms with Crippen LogP contribution in [-0.4, -0.2) is 75.1 Å². The van der Waals surface area contributed by atoms with Crippen molar-refractivity contribution in [3.05, 3.63) is 59.9 Å². The number of hydrogen-bond donors (Lipinski definition) is 4. The number of pyridine rings is 1. The molecule has 1 aromatic heterocycles. The lowest BCUT2D eigenvalue weighted by Gasteiger charge is -2.42. The highest BCUT2D eigenvalue weighted by Gasteiger charge is 2.52. The van der Waals surface area contributed by atoms with Gasteiger partial charge in [-0.05, 0) is 30.2 Å². The summed E-state index contributed by atoms with van der Waals surface area (Å²) in [6.45, 7) is 2.96. The second-order valence-corrected chi connectivity index (χ2v) is 10.2. The van der Waals surface area contributed by atoms with Gasteiger partial charge in [0.05, 0.1) is 11.1 Å². The number of phosphoric ester groups is 1. The first-order chi connectivity index (χ1) is 18.4. The van der Waals surface area contributed by atoms with E-state index in [0.29, 0.717) is 0 Å². The molecular formula is C24H29N2O12P. The third-order valence-corrected chi connectivity index (χ3v) is 5.92. The molecule has 1 aliphatic heterocycles. The maximum Gasteiger partial charge on any atom is 0.470 e. The van der Waals surface area contributed by atoms with Crippen LogP contribution in [0.1, 0.15) is 41.0 Å². The van der Waals surface area contributed by atoms with Crippen molar-refractivity contribution in [2.75, 3.05) is 12.3 Å². The molecule has 0 unspecified atom stereocenters. The number of rotatable bonds is 10. The average Bonchev–Trinajstić information content (AvgIpc) is 2.86. The second kappa shape index (κ2) is 13.1. The molecule has 14 nitrogen and oxygen atoms in total. The molecule has 2 heterocycles. The Morgan fingerprint density at radius 3 is 2.41 bits per heavy atom.